The first-order valence-corrected chi connectivity index (χ1v) is 35.8. The average molecular weight is 1130 g/mol. The van der Waals surface area contributed by atoms with Crippen LogP contribution in [0.5, 0.6) is 0 Å². The first kappa shape index (κ1) is 78.1. The van der Waals surface area contributed by atoms with Gasteiger partial charge in [-0.3, -0.25) is 14.4 Å². The van der Waals surface area contributed by atoms with Crippen LogP contribution >= 0.6 is 0 Å². The van der Waals surface area contributed by atoms with Gasteiger partial charge in [0.15, 0.2) is 6.10 Å². The Morgan fingerprint density at radius 1 is 0.259 bits per heavy atom. The molecule has 0 heterocycles. The predicted octanol–water partition coefficient (Wildman–Crippen LogP) is 24.7. The van der Waals surface area contributed by atoms with Gasteiger partial charge >= 0.3 is 17.9 Å². The lowest BCUT2D eigenvalue weighted by Crippen LogP contribution is -2.30. The van der Waals surface area contributed by atoms with Gasteiger partial charge in [-0.1, -0.05) is 338 Å². The number of unbranched alkanes of at least 4 members (excludes halogenated alkanes) is 45. The molecule has 0 aliphatic heterocycles. The van der Waals surface area contributed by atoms with Crippen LogP contribution in [-0.4, -0.2) is 37.2 Å². The summed E-state index contributed by atoms with van der Waals surface area (Å²) in [5.41, 5.74) is 0. The highest BCUT2D eigenvalue weighted by Crippen LogP contribution is 2.18. The summed E-state index contributed by atoms with van der Waals surface area (Å²) < 4.78 is 17.0. The molecule has 0 amide bonds. The van der Waals surface area contributed by atoms with Crippen molar-refractivity contribution in [2.45, 2.75) is 386 Å². The molecule has 1 atom stereocenters. The SMILES string of the molecule is CC/C=C\C/C=C\C/C=C\CCCCCC(=O)OCC(COC(=O)CCCCCCCCCCCCCCCCCCCCCCCCCCCCCCC)OC(=O)CCCCCCCCCCC/C=C\C/C=C\CCCCCCC. The summed E-state index contributed by atoms with van der Waals surface area (Å²) in [6.45, 7) is 6.55. The Kier molecular flexibility index (Phi) is 67.1. The smallest absolute Gasteiger partial charge is 0.306 e. The molecule has 0 N–H and O–H groups in total. The van der Waals surface area contributed by atoms with E-state index in [1.54, 1.807) is 0 Å². The summed E-state index contributed by atoms with van der Waals surface area (Å²) >= 11 is 0. The molecular weight excluding hydrogens is 997 g/mol. The van der Waals surface area contributed by atoms with E-state index in [2.05, 4.69) is 81.5 Å². The maximum Gasteiger partial charge on any atom is 0.306 e. The number of carbonyl (C=O) groups excluding carboxylic acids is 3. The highest BCUT2D eigenvalue weighted by Gasteiger charge is 2.19. The van der Waals surface area contributed by atoms with Crippen LogP contribution in [-0.2, 0) is 28.6 Å². The summed E-state index contributed by atoms with van der Waals surface area (Å²) in [7, 11) is 0. The van der Waals surface area contributed by atoms with Gasteiger partial charge in [-0.05, 0) is 83.5 Å². The molecule has 81 heavy (non-hydrogen) atoms. The molecule has 1 unspecified atom stereocenters. The second-order valence-electron chi connectivity index (χ2n) is 24.1. The fraction of sp³-hybridized carbons (Fsp3) is 0.827. The molecule has 0 aliphatic carbocycles. The zero-order valence-corrected chi connectivity index (χ0v) is 54.3. The summed E-state index contributed by atoms with van der Waals surface area (Å²) in [5, 5.41) is 0. The molecule has 0 aromatic rings. The van der Waals surface area contributed by atoms with E-state index in [1.807, 2.05) is 0 Å². The summed E-state index contributed by atoms with van der Waals surface area (Å²) in [6.07, 6.45) is 89.8. The molecule has 0 radical (unpaired) electrons. The maximum absolute atomic E-state index is 12.9. The Hall–Kier alpha value is -2.89. The van der Waals surface area contributed by atoms with Crippen LogP contribution < -0.4 is 0 Å². The van der Waals surface area contributed by atoms with Gasteiger partial charge in [0.1, 0.15) is 13.2 Å². The van der Waals surface area contributed by atoms with E-state index in [4.69, 9.17) is 14.2 Å². The lowest BCUT2D eigenvalue weighted by Gasteiger charge is -2.18. The number of esters is 3. The van der Waals surface area contributed by atoms with Gasteiger partial charge in [0.2, 0.25) is 0 Å². The fourth-order valence-corrected chi connectivity index (χ4v) is 10.7. The van der Waals surface area contributed by atoms with E-state index in [-0.39, 0.29) is 31.1 Å². The van der Waals surface area contributed by atoms with E-state index < -0.39 is 6.10 Å². The number of carbonyl (C=O) groups is 3. The minimum atomic E-state index is -0.789. The van der Waals surface area contributed by atoms with Crippen LogP contribution in [0.3, 0.4) is 0 Å². The van der Waals surface area contributed by atoms with Crippen LogP contribution in [0.1, 0.15) is 380 Å². The first-order chi connectivity index (χ1) is 40.0. The third-order valence-electron chi connectivity index (χ3n) is 16.0. The van der Waals surface area contributed by atoms with Crippen molar-refractivity contribution in [1.29, 1.82) is 0 Å². The lowest BCUT2D eigenvalue weighted by molar-refractivity contribution is -0.167. The van der Waals surface area contributed by atoms with Gasteiger partial charge in [0, 0.05) is 19.3 Å². The number of rotatable bonds is 66. The Morgan fingerprint density at radius 3 is 0.765 bits per heavy atom. The van der Waals surface area contributed by atoms with Crippen LogP contribution in [0, 0.1) is 0 Å². The fourth-order valence-electron chi connectivity index (χ4n) is 10.7. The van der Waals surface area contributed by atoms with Crippen molar-refractivity contribution in [3.8, 4) is 0 Å². The number of hydrogen-bond acceptors (Lipinski definition) is 6. The average Bonchev–Trinajstić information content (AvgIpc) is 3.46. The molecule has 472 valence electrons. The third kappa shape index (κ3) is 67.8. The van der Waals surface area contributed by atoms with Crippen molar-refractivity contribution in [3.05, 3.63) is 60.8 Å². The lowest BCUT2D eigenvalue weighted by atomic mass is 10.0. The van der Waals surface area contributed by atoms with E-state index >= 15 is 0 Å². The van der Waals surface area contributed by atoms with Crippen molar-refractivity contribution >= 4 is 17.9 Å². The molecule has 0 spiro atoms. The summed E-state index contributed by atoms with van der Waals surface area (Å²) in [5.74, 6) is -0.895. The van der Waals surface area contributed by atoms with E-state index in [0.717, 1.165) is 89.9 Å². The number of allylic oxidation sites excluding steroid dienone is 10. The summed E-state index contributed by atoms with van der Waals surface area (Å²) in [6, 6.07) is 0. The van der Waals surface area contributed by atoms with Gasteiger partial charge in [-0.25, -0.2) is 0 Å². The van der Waals surface area contributed by atoms with Gasteiger partial charge < -0.3 is 14.2 Å². The highest BCUT2D eigenvalue weighted by molar-refractivity contribution is 5.71. The minimum Gasteiger partial charge on any atom is -0.462 e. The monoisotopic (exact) mass is 1130 g/mol. The van der Waals surface area contributed by atoms with E-state index in [0.29, 0.717) is 19.3 Å². The van der Waals surface area contributed by atoms with Crippen molar-refractivity contribution in [3.63, 3.8) is 0 Å². The maximum atomic E-state index is 12.9. The molecule has 6 nitrogen and oxygen atoms in total. The molecule has 0 rings (SSSR count). The molecule has 0 bridgehead atoms. The van der Waals surface area contributed by atoms with Gasteiger partial charge in [0.25, 0.3) is 0 Å². The summed E-state index contributed by atoms with van der Waals surface area (Å²) in [4.78, 5) is 38.4. The Labute approximate surface area is 504 Å². The molecule has 0 aromatic heterocycles. The molecule has 0 aromatic carbocycles. The van der Waals surface area contributed by atoms with E-state index in [9.17, 15) is 14.4 Å². The van der Waals surface area contributed by atoms with Gasteiger partial charge in [-0.15, -0.1) is 0 Å². The normalized spacial score (nSPS) is 12.4. The molecular formula is C75H136O6. The molecule has 6 heteroatoms. The number of ether oxygens (including phenoxy) is 3. The topological polar surface area (TPSA) is 78.9 Å². The first-order valence-electron chi connectivity index (χ1n) is 35.8. The van der Waals surface area contributed by atoms with Crippen LogP contribution in [0.2, 0.25) is 0 Å². The quantitative estimate of drug-likeness (QED) is 0.0261. The van der Waals surface area contributed by atoms with Crippen molar-refractivity contribution in [1.82, 2.24) is 0 Å². The predicted molar refractivity (Wildman–Crippen MR) is 353 cm³/mol. The zero-order valence-electron chi connectivity index (χ0n) is 54.3. The Balaban J connectivity index is 4.21. The van der Waals surface area contributed by atoms with Crippen LogP contribution in [0.15, 0.2) is 60.8 Å². The van der Waals surface area contributed by atoms with E-state index in [1.165, 1.54) is 250 Å². The van der Waals surface area contributed by atoms with Crippen LogP contribution in [0.25, 0.3) is 0 Å². The van der Waals surface area contributed by atoms with Crippen molar-refractivity contribution in [2.24, 2.45) is 0 Å². The Morgan fingerprint density at radius 2 is 0.481 bits per heavy atom. The molecule has 0 saturated heterocycles. The second-order valence-corrected chi connectivity index (χ2v) is 24.1. The number of hydrogen-bond donors (Lipinski definition) is 0. The van der Waals surface area contributed by atoms with Crippen molar-refractivity contribution in [2.75, 3.05) is 13.2 Å². The standard InChI is InChI=1S/C75H136O6/c1-4-7-10-13-16-19-22-25-27-29-31-33-34-35-36-37-38-39-40-42-43-45-47-50-53-56-59-62-65-68-74(77)80-71-72(70-79-73(76)67-64-61-58-55-52-49-24-21-18-15-12-9-6-3)81-75(78)69-66-63-60-57-54-51-48-46-44-41-32-30-28-26-23-20-17-14-11-8-5-2/h9,12,18,21,23,26,30,32,49,52,72H,4-8,10-11,13-17,19-20,22,24-25,27-29,31,33-48,50-51,53-71H2,1-3H3/b12-9-,21-18-,26-23-,32-30-,52-49-. The second kappa shape index (κ2) is 69.6. The van der Waals surface area contributed by atoms with Crippen LogP contribution in [0.4, 0.5) is 0 Å². The molecule has 0 saturated carbocycles. The molecule has 0 aliphatic rings. The van der Waals surface area contributed by atoms with Gasteiger partial charge in [0.05, 0.1) is 0 Å². The largest absolute Gasteiger partial charge is 0.462 e. The Bertz CT molecular complexity index is 1440. The molecule has 0 fully saturated rings. The highest BCUT2D eigenvalue weighted by atomic mass is 16.6. The minimum absolute atomic E-state index is 0.0820. The third-order valence-corrected chi connectivity index (χ3v) is 16.0. The van der Waals surface area contributed by atoms with Crippen molar-refractivity contribution < 1.29 is 28.6 Å². The zero-order chi connectivity index (χ0) is 58.5. The van der Waals surface area contributed by atoms with Gasteiger partial charge in [-0.2, -0.15) is 0 Å².